The number of aliphatic hydroxyl groups is 1. The van der Waals surface area contributed by atoms with Gasteiger partial charge in [0, 0.05) is 18.8 Å². The van der Waals surface area contributed by atoms with Gasteiger partial charge in [-0.1, -0.05) is 30.7 Å². The van der Waals surface area contributed by atoms with Crippen LogP contribution in [0.25, 0.3) is 5.69 Å². The molecule has 0 bridgehead atoms. The van der Waals surface area contributed by atoms with Crippen molar-refractivity contribution in [3.8, 4) is 5.69 Å². The standard InChI is InChI=1S/C15H18ClN3O2/c1-10(9-20)11(2)17-15(21)13-7-8-19(18-13)14-6-4-3-5-12(14)16/h3-8,10-11,20H,9H2,1-2H3,(H,17,21). The normalized spacial score (nSPS) is 13.7. The molecule has 2 rings (SSSR count). The maximum atomic E-state index is 12.1. The number of hydrogen-bond acceptors (Lipinski definition) is 3. The summed E-state index contributed by atoms with van der Waals surface area (Å²) in [6, 6.07) is 8.79. The fourth-order valence-corrected chi connectivity index (χ4v) is 2.02. The van der Waals surface area contributed by atoms with Crippen LogP contribution in [0, 0.1) is 5.92 Å². The monoisotopic (exact) mass is 307 g/mol. The molecule has 0 aliphatic carbocycles. The molecule has 0 aliphatic heterocycles. The third-order valence-corrected chi connectivity index (χ3v) is 3.74. The summed E-state index contributed by atoms with van der Waals surface area (Å²) in [5, 5.41) is 16.7. The van der Waals surface area contributed by atoms with Crippen molar-refractivity contribution in [1.29, 1.82) is 0 Å². The Morgan fingerprint density at radius 3 is 2.76 bits per heavy atom. The van der Waals surface area contributed by atoms with Gasteiger partial charge in [0.2, 0.25) is 0 Å². The number of amides is 1. The van der Waals surface area contributed by atoms with Crippen molar-refractivity contribution >= 4 is 17.5 Å². The number of para-hydroxylation sites is 1. The van der Waals surface area contributed by atoms with Crippen LogP contribution in [0.4, 0.5) is 0 Å². The molecule has 21 heavy (non-hydrogen) atoms. The second-order valence-corrected chi connectivity index (χ2v) is 5.43. The molecule has 0 saturated carbocycles. The fraction of sp³-hybridized carbons (Fsp3) is 0.333. The van der Waals surface area contributed by atoms with Gasteiger partial charge in [-0.25, -0.2) is 4.68 Å². The van der Waals surface area contributed by atoms with Gasteiger partial charge in [0.25, 0.3) is 5.91 Å². The van der Waals surface area contributed by atoms with Gasteiger partial charge in [-0.2, -0.15) is 5.10 Å². The number of hydrogen-bond donors (Lipinski definition) is 2. The molecule has 0 aliphatic rings. The van der Waals surface area contributed by atoms with E-state index in [2.05, 4.69) is 10.4 Å². The Balaban J connectivity index is 2.13. The largest absolute Gasteiger partial charge is 0.396 e. The molecule has 1 heterocycles. The molecule has 0 spiro atoms. The molecule has 0 fully saturated rings. The summed E-state index contributed by atoms with van der Waals surface area (Å²) in [6.07, 6.45) is 1.69. The predicted molar refractivity (Wildman–Crippen MR) is 81.8 cm³/mol. The van der Waals surface area contributed by atoms with E-state index in [9.17, 15) is 4.79 Å². The highest BCUT2D eigenvalue weighted by molar-refractivity contribution is 6.32. The maximum Gasteiger partial charge on any atom is 0.272 e. The Morgan fingerprint density at radius 2 is 2.10 bits per heavy atom. The Bertz CT molecular complexity index is 627. The number of carbonyl (C=O) groups excluding carboxylic acids is 1. The zero-order valence-corrected chi connectivity index (χ0v) is 12.7. The molecule has 112 valence electrons. The first-order valence-electron chi connectivity index (χ1n) is 6.75. The van der Waals surface area contributed by atoms with E-state index >= 15 is 0 Å². The second kappa shape index (κ2) is 6.74. The lowest BCUT2D eigenvalue weighted by Crippen LogP contribution is -2.38. The summed E-state index contributed by atoms with van der Waals surface area (Å²) in [7, 11) is 0. The molecule has 2 N–H and O–H groups in total. The minimum Gasteiger partial charge on any atom is -0.396 e. The second-order valence-electron chi connectivity index (χ2n) is 5.02. The van der Waals surface area contributed by atoms with Crippen LogP contribution in [0.3, 0.4) is 0 Å². The average Bonchev–Trinajstić information content (AvgIpc) is 2.96. The molecule has 2 unspecified atom stereocenters. The molecule has 2 aromatic rings. The number of halogens is 1. The number of carbonyl (C=O) groups is 1. The van der Waals surface area contributed by atoms with Gasteiger partial charge in [-0.15, -0.1) is 0 Å². The lowest BCUT2D eigenvalue weighted by atomic mass is 10.1. The SMILES string of the molecule is CC(CO)C(C)NC(=O)c1ccn(-c2ccccc2Cl)n1. The fourth-order valence-electron chi connectivity index (χ4n) is 1.80. The first-order chi connectivity index (χ1) is 10.0. The summed E-state index contributed by atoms with van der Waals surface area (Å²) in [5.41, 5.74) is 1.03. The molecule has 6 heteroatoms. The highest BCUT2D eigenvalue weighted by Crippen LogP contribution is 2.19. The zero-order chi connectivity index (χ0) is 15.4. The summed E-state index contributed by atoms with van der Waals surface area (Å²) >= 11 is 6.10. The van der Waals surface area contributed by atoms with Crippen LogP contribution in [-0.4, -0.2) is 33.4 Å². The average molecular weight is 308 g/mol. The van der Waals surface area contributed by atoms with E-state index in [4.69, 9.17) is 16.7 Å². The molecule has 5 nitrogen and oxygen atoms in total. The highest BCUT2D eigenvalue weighted by atomic mass is 35.5. The molecule has 1 amide bonds. The van der Waals surface area contributed by atoms with Crippen molar-refractivity contribution in [2.75, 3.05) is 6.61 Å². The molecule has 1 aromatic heterocycles. The van der Waals surface area contributed by atoms with Crippen LogP contribution in [0.15, 0.2) is 36.5 Å². The van der Waals surface area contributed by atoms with E-state index in [0.29, 0.717) is 10.7 Å². The summed E-state index contributed by atoms with van der Waals surface area (Å²) in [5.74, 6) is -0.284. The number of nitrogens with one attached hydrogen (secondary N) is 1. The lowest BCUT2D eigenvalue weighted by molar-refractivity contribution is 0.0911. The van der Waals surface area contributed by atoms with Gasteiger partial charge in [0.05, 0.1) is 10.7 Å². The van der Waals surface area contributed by atoms with E-state index in [1.807, 2.05) is 32.0 Å². The minimum atomic E-state index is -0.270. The van der Waals surface area contributed by atoms with Crippen molar-refractivity contribution in [3.63, 3.8) is 0 Å². The summed E-state index contributed by atoms with van der Waals surface area (Å²) in [6.45, 7) is 3.74. The van der Waals surface area contributed by atoms with E-state index < -0.39 is 0 Å². The topological polar surface area (TPSA) is 67.2 Å². The third kappa shape index (κ3) is 3.62. The molecule has 0 radical (unpaired) electrons. The molecule has 2 atom stereocenters. The Kier molecular flexibility index (Phi) is 4.98. The molecular formula is C15H18ClN3O2. The van der Waals surface area contributed by atoms with Gasteiger partial charge in [0.15, 0.2) is 5.69 Å². The molecule has 1 aromatic carbocycles. The van der Waals surface area contributed by atoms with Crippen LogP contribution in [-0.2, 0) is 0 Å². The van der Waals surface area contributed by atoms with Crippen molar-refractivity contribution < 1.29 is 9.90 Å². The van der Waals surface area contributed by atoms with Crippen LogP contribution >= 0.6 is 11.6 Å². The van der Waals surface area contributed by atoms with Crippen molar-refractivity contribution in [3.05, 3.63) is 47.2 Å². The van der Waals surface area contributed by atoms with Crippen LogP contribution in [0.5, 0.6) is 0 Å². The van der Waals surface area contributed by atoms with Crippen molar-refractivity contribution in [2.24, 2.45) is 5.92 Å². The maximum absolute atomic E-state index is 12.1. The van der Waals surface area contributed by atoms with Crippen LogP contribution in [0.2, 0.25) is 5.02 Å². The predicted octanol–water partition coefficient (Wildman–Crippen LogP) is 2.27. The third-order valence-electron chi connectivity index (χ3n) is 3.42. The summed E-state index contributed by atoms with van der Waals surface area (Å²) < 4.78 is 1.57. The van der Waals surface area contributed by atoms with Gasteiger partial charge in [-0.05, 0) is 31.0 Å². The number of aromatic nitrogens is 2. The van der Waals surface area contributed by atoms with Crippen molar-refractivity contribution in [1.82, 2.24) is 15.1 Å². The first kappa shape index (κ1) is 15.5. The van der Waals surface area contributed by atoms with Gasteiger partial charge < -0.3 is 10.4 Å². The van der Waals surface area contributed by atoms with E-state index in [1.54, 1.807) is 23.0 Å². The zero-order valence-electron chi connectivity index (χ0n) is 12.0. The van der Waals surface area contributed by atoms with Crippen molar-refractivity contribution in [2.45, 2.75) is 19.9 Å². The Labute approximate surface area is 128 Å². The smallest absolute Gasteiger partial charge is 0.272 e. The lowest BCUT2D eigenvalue weighted by Gasteiger charge is -2.18. The Morgan fingerprint density at radius 1 is 1.38 bits per heavy atom. The number of aliphatic hydroxyl groups excluding tert-OH is 1. The first-order valence-corrected chi connectivity index (χ1v) is 7.13. The Hall–Kier alpha value is -1.85. The number of nitrogens with zero attached hydrogens (tertiary/aromatic N) is 2. The van der Waals surface area contributed by atoms with Crippen LogP contribution < -0.4 is 5.32 Å². The van der Waals surface area contributed by atoms with Gasteiger partial charge >= 0.3 is 0 Å². The number of rotatable bonds is 5. The van der Waals surface area contributed by atoms with E-state index in [1.165, 1.54) is 0 Å². The van der Waals surface area contributed by atoms with E-state index in [0.717, 1.165) is 5.69 Å². The highest BCUT2D eigenvalue weighted by Gasteiger charge is 2.17. The summed E-state index contributed by atoms with van der Waals surface area (Å²) in [4.78, 5) is 12.1. The minimum absolute atomic E-state index is 0.0143. The van der Waals surface area contributed by atoms with Crippen LogP contribution in [0.1, 0.15) is 24.3 Å². The quantitative estimate of drug-likeness (QED) is 0.890. The van der Waals surface area contributed by atoms with Gasteiger partial charge in [-0.3, -0.25) is 4.79 Å². The molecular weight excluding hydrogens is 290 g/mol. The van der Waals surface area contributed by atoms with Gasteiger partial charge in [0.1, 0.15) is 0 Å². The molecule has 0 saturated heterocycles. The number of benzene rings is 1. The van der Waals surface area contributed by atoms with E-state index in [-0.39, 0.29) is 24.5 Å².